The molecule has 158 valence electrons. The van der Waals surface area contributed by atoms with Crippen LogP contribution in [0.1, 0.15) is 18.1 Å². The van der Waals surface area contributed by atoms with Gasteiger partial charge in [-0.15, -0.1) is 0 Å². The molecule has 2 N–H and O–H groups in total. The first-order valence-electron chi connectivity index (χ1n) is 10.0. The van der Waals surface area contributed by atoms with Gasteiger partial charge in [0.2, 0.25) is 0 Å². The summed E-state index contributed by atoms with van der Waals surface area (Å²) >= 11 is 0. The van der Waals surface area contributed by atoms with E-state index in [4.69, 9.17) is 14.5 Å². The fourth-order valence-electron chi connectivity index (χ4n) is 3.17. The molecule has 0 spiro atoms. The highest BCUT2D eigenvalue weighted by molar-refractivity contribution is 5.79. The highest BCUT2D eigenvalue weighted by Gasteiger charge is 2.06. The number of guanidine groups is 1. The molecule has 1 heterocycles. The molecule has 0 aliphatic carbocycles. The van der Waals surface area contributed by atoms with Crippen LogP contribution in [0.3, 0.4) is 0 Å². The van der Waals surface area contributed by atoms with E-state index in [1.165, 1.54) is 5.56 Å². The Bertz CT molecular complexity index is 954. The zero-order valence-corrected chi connectivity index (χ0v) is 17.8. The fraction of sp³-hybridized carbons (Fsp3) is 0.304. The molecule has 0 aliphatic rings. The zero-order valence-electron chi connectivity index (χ0n) is 17.8. The molecule has 0 aliphatic heterocycles. The van der Waals surface area contributed by atoms with E-state index >= 15 is 0 Å². The molecule has 3 aromatic rings. The summed E-state index contributed by atoms with van der Waals surface area (Å²) in [6.07, 6.45) is 6.36. The first kappa shape index (κ1) is 21.2. The quantitative estimate of drug-likeness (QED) is 0.421. The number of imidazole rings is 1. The number of para-hydroxylation sites is 1. The number of aliphatic imine (C=N–C) groups is 1. The van der Waals surface area contributed by atoms with Gasteiger partial charge < -0.3 is 24.7 Å². The van der Waals surface area contributed by atoms with E-state index in [1.54, 1.807) is 26.7 Å². The molecule has 1 aromatic heterocycles. The second-order valence-corrected chi connectivity index (χ2v) is 6.66. The van der Waals surface area contributed by atoms with Gasteiger partial charge in [-0.1, -0.05) is 24.3 Å². The van der Waals surface area contributed by atoms with Crippen molar-refractivity contribution in [3.8, 4) is 17.2 Å². The Morgan fingerprint density at radius 3 is 2.63 bits per heavy atom. The van der Waals surface area contributed by atoms with Crippen LogP contribution in [0.4, 0.5) is 0 Å². The van der Waals surface area contributed by atoms with Crippen LogP contribution < -0.4 is 20.1 Å². The second kappa shape index (κ2) is 10.9. The van der Waals surface area contributed by atoms with Gasteiger partial charge in [-0.3, -0.25) is 0 Å². The Kier molecular flexibility index (Phi) is 7.71. The summed E-state index contributed by atoms with van der Waals surface area (Å²) < 4.78 is 12.7. The molecule has 3 rings (SSSR count). The minimum Gasteiger partial charge on any atom is -0.493 e. The number of methoxy groups -OCH3 is 2. The van der Waals surface area contributed by atoms with Crippen molar-refractivity contribution in [1.82, 2.24) is 20.2 Å². The predicted octanol–water partition coefficient (Wildman–Crippen LogP) is 3.19. The average Bonchev–Trinajstić information content (AvgIpc) is 3.32. The van der Waals surface area contributed by atoms with Crippen LogP contribution >= 0.6 is 0 Å². The lowest BCUT2D eigenvalue weighted by atomic mass is 10.1. The van der Waals surface area contributed by atoms with Crippen molar-refractivity contribution in [1.29, 1.82) is 0 Å². The summed E-state index contributed by atoms with van der Waals surface area (Å²) in [5.74, 6) is 2.27. The molecule has 0 radical (unpaired) electrons. The molecule has 0 atom stereocenters. The van der Waals surface area contributed by atoms with Crippen LogP contribution in [0.15, 0.2) is 66.2 Å². The Morgan fingerprint density at radius 2 is 1.90 bits per heavy atom. The highest BCUT2D eigenvalue weighted by Crippen LogP contribution is 2.27. The topological polar surface area (TPSA) is 72.7 Å². The van der Waals surface area contributed by atoms with E-state index in [9.17, 15) is 0 Å². The number of ether oxygens (including phenoxy) is 2. The lowest BCUT2D eigenvalue weighted by Crippen LogP contribution is -2.38. The number of aromatic nitrogens is 2. The van der Waals surface area contributed by atoms with E-state index < -0.39 is 0 Å². The summed E-state index contributed by atoms with van der Waals surface area (Å²) in [5.41, 5.74) is 3.38. The maximum atomic E-state index is 5.38. The number of nitrogens with zero attached hydrogens (tertiary/aromatic N) is 3. The highest BCUT2D eigenvalue weighted by atomic mass is 16.5. The lowest BCUT2D eigenvalue weighted by Gasteiger charge is -2.13. The number of hydrogen-bond acceptors (Lipinski definition) is 4. The minimum atomic E-state index is 0.569. The molecule has 0 unspecified atom stereocenters. The third kappa shape index (κ3) is 5.53. The standard InChI is InChI=1S/C23H29N5O2/c1-4-25-23(26-12-11-18-9-10-21(29-2)22(15-18)30-3)27-16-19-7-5-6-8-20(19)28-14-13-24-17-28/h5-10,13-15,17H,4,11-12,16H2,1-3H3,(H2,25,26,27). The Balaban J connectivity index is 1.63. The van der Waals surface area contributed by atoms with Gasteiger partial charge in [-0.25, -0.2) is 9.98 Å². The third-order valence-corrected chi connectivity index (χ3v) is 4.68. The van der Waals surface area contributed by atoms with E-state index in [0.29, 0.717) is 6.54 Å². The van der Waals surface area contributed by atoms with E-state index in [1.807, 2.05) is 35.0 Å². The molecule has 30 heavy (non-hydrogen) atoms. The van der Waals surface area contributed by atoms with Gasteiger partial charge in [-0.2, -0.15) is 0 Å². The zero-order chi connectivity index (χ0) is 21.2. The summed E-state index contributed by atoms with van der Waals surface area (Å²) in [6, 6.07) is 14.2. The van der Waals surface area contributed by atoms with E-state index in [2.05, 4.69) is 40.7 Å². The van der Waals surface area contributed by atoms with Crippen molar-refractivity contribution < 1.29 is 9.47 Å². The molecule has 7 nitrogen and oxygen atoms in total. The monoisotopic (exact) mass is 407 g/mol. The maximum absolute atomic E-state index is 5.38. The van der Waals surface area contributed by atoms with Gasteiger partial charge in [0.15, 0.2) is 17.5 Å². The largest absolute Gasteiger partial charge is 0.493 e. The summed E-state index contributed by atoms with van der Waals surface area (Å²) in [4.78, 5) is 8.91. The van der Waals surface area contributed by atoms with Crippen LogP contribution in [0, 0.1) is 0 Å². The number of nitrogens with one attached hydrogen (secondary N) is 2. The molecular weight excluding hydrogens is 378 g/mol. The van der Waals surface area contributed by atoms with Crippen LogP contribution in [-0.4, -0.2) is 42.8 Å². The Morgan fingerprint density at radius 1 is 1.07 bits per heavy atom. The molecule has 2 aromatic carbocycles. The first-order valence-corrected chi connectivity index (χ1v) is 10.0. The van der Waals surface area contributed by atoms with E-state index in [0.717, 1.165) is 48.2 Å². The second-order valence-electron chi connectivity index (χ2n) is 6.66. The summed E-state index contributed by atoms with van der Waals surface area (Å²) in [5, 5.41) is 6.72. The Labute approximate surface area is 177 Å². The van der Waals surface area contributed by atoms with Crippen molar-refractivity contribution >= 4 is 5.96 Å². The van der Waals surface area contributed by atoms with Gasteiger partial charge in [0.25, 0.3) is 0 Å². The van der Waals surface area contributed by atoms with Crippen molar-refractivity contribution in [3.63, 3.8) is 0 Å². The maximum Gasteiger partial charge on any atom is 0.191 e. The summed E-state index contributed by atoms with van der Waals surface area (Å²) in [7, 11) is 3.29. The first-order chi connectivity index (χ1) is 14.7. The van der Waals surface area contributed by atoms with Gasteiger partial charge in [0, 0.05) is 25.5 Å². The molecular formula is C23H29N5O2. The van der Waals surface area contributed by atoms with Crippen LogP contribution in [-0.2, 0) is 13.0 Å². The molecule has 0 saturated heterocycles. The number of hydrogen-bond donors (Lipinski definition) is 2. The number of rotatable bonds is 9. The molecule has 0 bridgehead atoms. The van der Waals surface area contributed by atoms with Gasteiger partial charge >= 0.3 is 0 Å². The van der Waals surface area contributed by atoms with Crippen molar-refractivity contribution in [3.05, 3.63) is 72.3 Å². The van der Waals surface area contributed by atoms with Crippen LogP contribution in [0.5, 0.6) is 11.5 Å². The lowest BCUT2D eigenvalue weighted by molar-refractivity contribution is 0.354. The van der Waals surface area contributed by atoms with Crippen molar-refractivity contribution in [2.75, 3.05) is 27.3 Å². The minimum absolute atomic E-state index is 0.569. The van der Waals surface area contributed by atoms with Crippen LogP contribution in [0.2, 0.25) is 0 Å². The smallest absolute Gasteiger partial charge is 0.191 e. The van der Waals surface area contributed by atoms with Crippen molar-refractivity contribution in [2.24, 2.45) is 4.99 Å². The van der Waals surface area contributed by atoms with Gasteiger partial charge in [0.05, 0.1) is 32.8 Å². The third-order valence-electron chi connectivity index (χ3n) is 4.68. The van der Waals surface area contributed by atoms with Crippen molar-refractivity contribution in [2.45, 2.75) is 19.9 Å². The number of benzene rings is 2. The average molecular weight is 408 g/mol. The normalized spacial score (nSPS) is 11.2. The van der Waals surface area contributed by atoms with Gasteiger partial charge in [-0.05, 0) is 42.7 Å². The summed E-state index contributed by atoms with van der Waals surface area (Å²) in [6.45, 7) is 4.18. The predicted molar refractivity (Wildman–Crippen MR) is 120 cm³/mol. The van der Waals surface area contributed by atoms with E-state index in [-0.39, 0.29) is 0 Å². The molecule has 0 saturated carbocycles. The molecule has 7 heteroatoms. The van der Waals surface area contributed by atoms with Crippen LogP contribution in [0.25, 0.3) is 5.69 Å². The van der Waals surface area contributed by atoms with Gasteiger partial charge in [0.1, 0.15) is 0 Å². The fourth-order valence-corrected chi connectivity index (χ4v) is 3.17. The Hall–Kier alpha value is -3.48. The SMILES string of the molecule is CCNC(=NCc1ccccc1-n1ccnc1)NCCc1ccc(OC)c(OC)c1. The molecule has 0 fully saturated rings. The molecule has 0 amide bonds.